The molecule has 3 nitrogen and oxygen atoms in total. The summed E-state index contributed by atoms with van der Waals surface area (Å²) < 4.78 is 6.40. The summed E-state index contributed by atoms with van der Waals surface area (Å²) in [6, 6.07) is 0. The second-order valence-corrected chi connectivity index (χ2v) is 10.9. The minimum absolute atomic E-state index is 0.0294. The van der Waals surface area contributed by atoms with Crippen molar-refractivity contribution in [1.29, 1.82) is 0 Å². The fourth-order valence-electron chi connectivity index (χ4n) is 6.98. The molecule has 7 atom stereocenters. The van der Waals surface area contributed by atoms with E-state index in [0.717, 1.165) is 38.5 Å². The van der Waals surface area contributed by atoms with Gasteiger partial charge >= 0.3 is 5.97 Å². The van der Waals surface area contributed by atoms with Crippen molar-refractivity contribution in [1.82, 2.24) is 0 Å². The molecule has 5 rings (SSSR count). The van der Waals surface area contributed by atoms with Gasteiger partial charge in [-0.3, -0.25) is 4.79 Å². The lowest BCUT2D eigenvalue weighted by Gasteiger charge is -2.63. The zero-order valence-electron chi connectivity index (χ0n) is 17.2. The van der Waals surface area contributed by atoms with Gasteiger partial charge in [-0.05, 0) is 88.4 Å². The summed E-state index contributed by atoms with van der Waals surface area (Å²) in [5, 5.41) is 10.6. The van der Waals surface area contributed by atoms with Crippen LogP contribution >= 0.6 is 0 Å². The first-order valence-electron chi connectivity index (χ1n) is 10.7. The quantitative estimate of drug-likeness (QED) is 0.561. The SMILES string of the molecule is CCC(C)(CC(C)C)C(=O)OC12CC3CC(C1)C1CC(C)(O)C=C3C1C2. The van der Waals surface area contributed by atoms with Gasteiger partial charge in [-0.25, -0.2) is 0 Å². The Balaban J connectivity index is 1.57. The van der Waals surface area contributed by atoms with Crippen molar-refractivity contribution in [3.8, 4) is 0 Å². The number of hydrogen-bond donors (Lipinski definition) is 1. The van der Waals surface area contributed by atoms with Gasteiger partial charge in [-0.15, -0.1) is 0 Å². The summed E-state index contributed by atoms with van der Waals surface area (Å²) in [7, 11) is 0. The Morgan fingerprint density at radius 3 is 2.73 bits per heavy atom. The van der Waals surface area contributed by atoms with E-state index in [-0.39, 0.29) is 17.0 Å². The highest BCUT2D eigenvalue weighted by molar-refractivity contribution is 5.77. The predicted molar refractivity (Wildman–Crippen MR) is 102 cm³/mol. The second-order valence-electron chi connectivity index (χ2n) is 10.9. The molecule has 0 heterocycles. The van der Waals surface area contributed by atoms with Crippen molar-refractivity contribution in [2.75, 3.05) is 0 Å². The van der Waals surface area contributed by atoms with Crippen LogP contribution in [0, 0.1) is 35.0 Å². The molecule has 0 saturated heterocycles. The fourth-order valence-corrected chi connectivity index (χ4v) is 6.98. The van der Waals surface area contributed by atoms with E-state index >= 15 is 0 Å². The smallest absolute Gasteiger partial charge is 0.312 e. The van der Waals surface area contributed by atoms with Crippen molar-refractivity contribution in [3.63, 3.8) is 0 Å². The Bertz CT molecular complexity index is 633. The van der Waals surface area contributed by atoms with Crippen LogP contribution in [0.4, 0.5) is 0 Å². The molecule has 5 aliphatic carbocycles. The Hall–Kier alpha value is -0.830. The van der Waals surface area contributed by atoms with Crippen molar-refractivity contribution < 1.29 is 14.6 Å². The largest absolute Gasteiger partial charge is 0.459 e. The van der Waals surface area contributed by atoms with Crippen molar-refractivity contribution in [2.45, 2.75) is 90.8 Å². The molecule has 26 heavy (non-hydrogen) atoms. The predicted octanol–water partition coefficient (Wildman–Crippen LogP) is 4.88. The van der Waals surface area contributed by atoms with E-state index in [1.807, 2.05) is 6.92 Å². The topological polar surface area (TPSA) is 46.5 Å². The highest BCUT2D eigenvalue weighted by atomic mass is 16.6. The van der Waals surface area contributed by atoms with Gasteiger partial charge in [0.2, 0.25) is 0 Å². The number of aliphatic hydroxyl groups is 1. The number of allylic oxidation sites excluding steroid dienone is 1. The van der Waals surface area contributed by atoms with Crippen LogP contribution in [0.15, 0.2) is 11.6 Å². The zero-order chi connectivity index (χ0) is 18.9. The number of esters is 1. The molecule has 0 aliphatic heterocycles. The van der Waals surface area contributed by atoms with Gasteiger partial charge in [0.1, 0.15) is 5.60 Å². The average Bonchev–Trinajstić information content (AvgIpc) is 2.52. The molecule has 0 spiro atoms. The van der Waals surface area contributed by atoms with E-state index in [1.54, 1.807) is 0 Å². The molecule has 7 unspecified atom stereocenters. The highest BCUT2D eigenvalue weighted by Crippen LogP contribution is 2.65. The Labute approximate surface area is 158 Å². The van der Waals surface area contributed by atoms with Gasteiger partial charge < -0.3 is 9.84 Å². The number of carbonyl (C=O) groups excluding carboxylic acids is 1. The van der Waals surface area contributed by atoms with E-state index < -0.39 is 5.60 Å². The summed E-state index contributed by atoms with van der Waals surface area (Å²) in [5.74, 6) is 2.77. The number of ether oxygens (including phenoxy) is 1. The summed E-state index contributed by atoms with van der Waals surface area (Å²) >= 11 is 0. The molecule has 0 aromatic heterocycles. The summed E-state index contributed by atoms with van der Waals surface area (Å²) in [6.45, 7) is 10.5. The van der Waals surface area contributed by atoms with Crippen molar-refractivity contribution in [2.24, 2.45) is 35.0 Å². The number of rotatable bonds is 5. The van der Waals surface area contributed by atoms with E-state index in [1.165, 1.54) is 12.0 Å². The minimum atomic E-state index is -0.639. The minimum Gasteiger partial charge on any atom is -0.459 e. The monoisotopic (exact) mass is 360 g/mol. The molecule has 3 heteroatoms. The van der Waals surface area contributed by atoms with Gasteiger partial charge in [-0.1, -0.05) is 32.4 Å². The molecule has 0 aromatic carbocycles. The molecule has 0 aromatic rings. The van der Waals surface area contributed by atoms with Gasteiger partial charge in [-0.2, -0.15) is 0 Å². The number of carbonyl (C=O) groups is 1. The molecular formula is C23H36O3. The van der Waals surface area contributed by atoms with Gasteiger partial charge in [0.25, 0.3) is 0 Å². The van der Waals surface area contributed by atoms with Crippen LogP contribution in [-0.4, -0.2) is 22.3 Å². The maximum atomic E-state index is 13.2. The molecule has 0 amide bonds. The molecule has 6 bridgehead atoms. The second kappa shape index (κ2) is 5.83. The zero-order valence-corrected chi connectivity index (χ0v) is 17.2. The highest BCUT2D eigenvalue weighted by Gasteiger charge is 2.61. The Morgan fingerprint density at radius 2 is 2.08 bits per heavy atom. The standard InChI is InChI=1S/C23H36O3/c1-6-21(4,8-14(2)3)20(24)26-23-9-15-7-16(10-23)18-12-22(5,25)11-17(15)19(18)13-23/h11,14-16,18-19,25H,6-10,12-13H2,1-5H3. The van der Waals surface area contributed by atoms with Crippen molar-refractivity contribution in [3.05, 3.63) is 11.6 Å². The number of hydrogen-bond acceptors (Lipinski definition) is 3. The molecule has 4 fully saturated rings. The lowest BCUT2D eigenvalue weighted by molar-refractivity contribution is -0.201. The van der Waals surface area contributed by atoms with Crippen LogP contribution in [0.1, 0.15) is 79.6 Å². The first kappa shape index (κ1) is 18.5. The molecular weight excluding hydrogens is 324 g/mol. The van der Waals surface area contributed by atoms with Crippen molar-refractivity contribution >= 4 is 5.97 Å². The van der Waals surface area contributed by atoms with Crippen LogP contribution < -0.4 is 0 Å². The third-order valence-corrected chi connectivity index (χ3v) is 8.02. The fraction of sp³-hybridized carbons (Fsp3) is 0.870. The van der Waals surface area contributed by atoms with Crippen LogP contribution in [0.3, 0.4) is 0 Å². The molecule has 0 radical (unpaired) electrons. The lowest BCUT2D eigenvalue weighted by Crippen LogP contribution is -2.60. The summed E-state index contributed by atoms with van der Waals surface area (Å²) in [5.41, 5.74) is 0.240. The van der Waals surface area contributed by atoms with Crippen LogP contribution in [-0.2, 0) is 9.53 Å². The van der Waals surface area contributed by atoms with Gasteiger partial charge in [0.15, 0.2) is 0 Å². The summed E-state index contributed by atoms with van der Waals surface area (Å²) in [6.07, 6.45) is 8.98. The van der Waals surface area contributed by atoms with Gasteiger partial charge in [0.05, 0.1) is 11.0 Å². The lowest BCUT2D eigenvalue weighted by atomic mass is 9.45. The maximum Gasteiger partial charge on any atom is 0.312 e. The molecule has 4 saturated carbocycles. The maximum absolute atomic E-state index is 13.2. The van der Waals surface area contributed by atoms with E-state index in [2.05, 4.69) is 33.8 Å². The summed E-state index contributed by atoms with van der Waals surface area (Å²) in [4.78, 5) is 13.2. The van der Waals surface area contributed by atoms with E-state index in [0.29, 0.717) is 29.6 Å². The van der Waals surface area contributed by atoms with E-state index in [9.17, 15) is 9.90 Å². The Morgan fingerprint density at radius 1 is 1.35 bits per heavy atom. The molecule has 5 aliphatic rings. The average molecular weight is 361 g/mol. The van der Waals surface area contributed by atoms with E-state index in [4.69, 9.17) is 4.74 Å². The van der Waals surface area contributed by atoms with Gasteiger partial charge in [0, 0.05) is 0 Å². The van der Waals surface area contributed by atoms with Crippen LogP contribution in [0.2, 0.25) is 0 Å². The third kappa shape index (κ3) is 2.85. The normalized spacial score (nSPS) is 45.4. The van der Waals surface area contributed by atoms with Crippen LogP contribution in [0.5, 0.6) is 0 Å². The molecule has 146 valence electrons. The van der Waals surface area contributed by atoms with Crippen LogP contribution in [0.25, 0.3) is 0 Å². The first-order valence-corrected chi connectivity index (χ1v) is 10.7. The first-order chi connectivity index (χ1) is 12.1. The molecule has 1 N–H and O–H groups in total. The third-order valence-electron chi connectivity index (χ3n) is 8.02. The Kier molecular flexibility index (Phi) is 4.16.